The van der Waals surface area contributed by atoms with Crippen molar-refractivity contribution in [1.82, 2.24) is 0 Å². The highest BCUT2D eigenvalue weighted by Crippen LogP contribution is 2.55. The van der Waals surface area contributed by atoms with Gasteiger partial charge in [-0.15, -0.1) is 0 Å². The summed E-state index contributed by atoms with van der Waals surface area (Å²) in [5.74, 6) is -13.2. The third-order valence-corrected chi connectivity index (χ3v) is 3.66. The molecule has 1 rings (SSSR count). The molecule has 0 aliphatic carbocycles. The van der Waals surface area contributed by atoms with Crippen molar-refractivity contribution in [3.05, 3.63) is 0 Å². The topological polar surface area (TPSA) is 40.2 Å². The quantitative estimate of drug-likeness (QED) is 0.214. The van der Waals surface area contributed by atoms with Crippen molar-refractivity contribution in [3.8, 4) is 0 Å². The first-order valence-electron chi connectivity index (χ1n) is 6.92. The molecule has 1 heterocycles. The summed E-state index contributed by atoms with van der Waals surface area (Å²) in [4.78, 5) is 0. The molecule has 0 aromatic heterocycles. The summed E-state index contributed by atoms with van der Waals surface area (Å²) >= 11 is 7.86. The van der Waals surface area contributed by atoms with E-state index in [-0.39, 0.29) is 6.61 Å². The Kier molecular flexibility index (Phi) is 7.47. The van der Waals surface area contributed by atoms with Crippen LogP contribution in [0.5, 0.6) is 0 Å². The Morgan fingerprint density at radius 1 is 0.767 bits per heavy atom. The Morgan fingerprint density at radius 3 is 1.60 bits per heavy atom. The van der Waals surface area contributed by atoms with Gasteiger partial charge >= 0.3 is 40.9 Å². The summed E-state index contributed by atoms with van der Waals surface area (Å²) in [6.45, 7) is -3.31. The Hall–Kier alpha value is -0.490. The number of hydrogen-bond acceptors (Lipinski definition) is 4. The van der Waals surface area contributed by atoms with E-state index in [4.69, 9.17) is 0 Å². The molecule has 3 atom stereocenters. The lowest BCUT2D eigenvalue weighted by atomic mass is 10.2. The maximum absolute atomic E-state index is 13.9. The Balaban J connectivity index is 3.19. The van der Waals surface area contributed by atoms with Crippen LogP contribution in [-0.4, -0.2) is 66.8 Å². The Morgan fingerprint density at radius 2 is 1.23 bits per heavy atom. The fourth-order valence-corrected chi connectivity index (χ4v) is 1.52. The second kappa shape index (κ2) is 8.13. The van der Waals surface area contributed by atoms with Crippen LogP contribution in [0.3, 0.4) is 0 Å². The number of halogens is 15. The van der Waals surface area contributed by atoms with Crippen molar-refractivity contribution in [1.29, 1.82) is 0 Å². The minimum atomic E-state index is -7.40. The monoisotopic (exact) mass is 520 g/mol. The van der Waals surface area contributed by atoms with Gasteiger partial charge in [0.1, 0.15) is 12.7 Å². The summed E-state index contributed by atoms with van der Waals surface area (Å²) in [6.07, 6.45) is -22.2. The molecule has 0 amide bonds. The van der Waals surface area contributed by atoms with E-state index in [0.29, 0.717) is 0 Å². The highest BCUT2D eigenvalue weighted by Gasteiger charge is 2.81. The van der Waals surface area contributed by atoms with Crippen LogP contribution in [0.1, 0.15) is 0 Å². The summed E-state index contributed by atoms with van der Waals surface area (Å²) in [5, 5.41) is -11.6. The van der Waals surface area contributed by atoms with Gasteiger partial charge in [0.25, 0.3) is 0 Å². The smallest absolute Gasteiger partial charge is 0.372 e. The number of rotatable bonds is 11. The first kappa shape index (κ1) is 27.5. The number of ether oxygens (including phenoxy) is 4. The Bertz CT molecular complexity index is 605. The van der Waals surface area contributed by atoms with E-state index in [2.05, 4.69) is 37.4 Å². The van der Waals surface area contributed by atoms with Crippen LogP contribution < -0.4 is 0 Å². The molecule has 30 heavy (non-hydrogen) atoms. The summed E-state index contributed by atoms with van der Waals surface area (Å²) in [6, 6.07) is 0. The third-order valence-electron chi connectivity index (χ3n) is 3.01. The van der Waals surface area contributed by atoms with Crippen LogP contribution in [0, 0.1) is 0 Å². The van der Waals surface area contributed by atoms with Gasteiger partial charge in [0.2, 0.25) is 0 Å². The first-order chi connectivity index (χ1) is 13.0. The first-order valence-corrected chi connectivity index (χ1v) is 7.68. The molecule has 1 aliphatic rings. The van der Waals surface area contributed by atoms with Gasteiger partial charge < -0.3 is 9.47 Å². The normalized spacial score (nSPS) is 23.1. The number of epoxide rings is 1. The third kappa shape index (κ3) is 5.85. The van der Waals surface area contributed by atoms with Crippen molar-refractivity contribution in [3.63, 3.8) is 0 Å². The lowest BCUT2D eigenvalue weighted by Crippen LogP contribution is -2.65. The molecule has 19 heteroatoms. The second-order valence-corrected chi connectivity index (χ2v) is 6.48. The molecule has 0 bridgehead atoms. The van der Waals surface area contributed by atoms with Gasteiger partial charge in [-0.1, -0.05) is 0 Å². The van der Waals surface area contributed by atoms with Crippen LogP contribution in [0.2, 0.25) is 0 Å². The van der Waals surface area contributed by atoms with Gasteiger partial charge in [-0.3, -0.25) is 9.47 Å². The molecule has 0 radical (unpaired) electrons. The van der Waals surface area contributed by atoms with E-state index in [1.165, 1.54) is 0 Å². The molecular formula is C11H7Cl2F13O4. The maximum Gasteiger partial charge on any atom is 0.458 e. The van der Waals surface area contributed by atoms with E-state index in [0.717, 1.165) is 0 Å². The molecule has 4 nitrogen and oxygen atoms in total. The predicted molar refractivity (Wildman–Crippen MR) is 68.0 cm³/mol. The molecule has 1 fully saturated rings. The maximum atomic E-state index is 13.9. The van der Waals surface area contributed by atoms with Gasteiger partial charge in [0, 0.05) is 0 Å². The molecule has 180 valence electrons. The van der Waals surface area contributed by atoms with E-state index in [1.807, 2.05) is 4.74 Å². The lowest BCUT2D eigenvalue weighted by Gasteiger charge is -2.39. The SMILES string of the molecule is FC(F)(F)C(F)(OC(F)(F)C(F)(F)COCC1CO1)C(F)(F)OC(F)(Cl)C(F)(F)Cl. The summed E-state index contributed by atoms with van der Waals surface area (Å²) < 4.78 is 183. The Labute approximate surface area is 167 Å². The van der Waals surface area contributed by atoms with Crippen LogP contribution in [0.25, 0.3) is 0 Å². The van der Waals surface area contributed by atoms with Gasteiger partial charge in [0.15, 0.2) is 0 Å². The average Bonchev–Trinajstić information content (AvgIpc) is 3.26. The largest absolute Gasteiger partial charge is 0.458 e. The standard InChI is InChI=1S/C11H7Cl2F13O4/c12-7(17,18)8(13,19)30-11(25,26)6(16,9(20,21)22)29-10(23,24)5(14,15)3-27-1-4-2-28-4/h4H,1-3H2. The van der Waals surface area contributed by atoms with Crippen LogP contribution >= 0.6 is 23.2 Å². The molecule has 1 saturated heterocycles. The van der Waals surface area contributed by atoms with Crippen molar-refractivity contribution in [2.45, 2.75) is 47.0 Å². The van der Waals surface area contributed by atoms with Crippen LogP contribution in [0.15, 0.2) is 0 Å². The van der Waals surface area contributed by atoms with Gasteiger partial charge in [-0.05, 0) is 23.2 Å². The molecular weight excluding hydrogens is 514 g/mol. The zero-order valence-corrected chi connectivity index (χ0v) is 15.0. The van der Waals surface area contributed by atoms with E-state index in [9.17, 15) is 57.1 Å². The zero-order chi connectivity index (χ0) is 24.0. The number of alkyl halides is 15. The molecule has 0 saturated carbocycles. The van der Waals surface area contributed by atoms with Gasteiger partial charge in [-0.2, -0.15) is 57.1 Å². The van der Waals surface area contributed by atoms with Crippen LogP contribution in [0.4, 0.5) is 57.1 Å². The van der Waals surface area contributed by atoms with Crippen molar-refractivity contribution in [2.24, 2.45) is 0 Å². The van der Waals surface area contributed by atoms with E-state index in [1.54, 1.807) is 0 Å². The predicted octanol–water partition coefficient (Wildman–Crippen LogP) is 5.18. The van der Waals surface area contributed by atoms with Gasteiger partial charge in [0.05, 0.1) is 13.2 Å². The summed E-state index contributed by atoms with van der Waals surface area (Å²) in [7, 11) is 0. The molecule has 0 aromatic rings. The van der Waals surface area contributed by atoms with E-state index >= 15 is 0 Å². The highest BCUT2D eigenvalue weighted by atomic mass is 35.5. The van der Waals surface area contributed by atoms with Crippen molar-refractivity contribution in [2.75, 3.05) is 19.8 Å². The zero-order valence-electron chi connectivity index (χ0n) is 13.5. The molecule has 3 unspecified atom stereocenters. The summed E-state index contributed by atoms with van der Waals surface area (Å²) in [5.41, 5.74) is 0. The van der Waals surface area contributed by atoms with Crippen molar-refractivity contribution >= 4 is 23.2 Å². The van der Waals surface area contributed by atoms with Crippen molar-refractivity contribution < 1.29 is 76.0 Å². The van der Waals surface area contributed by atoms with E-state index < -0.39 is 60.2 Å². The number of hydrogen-bond donors (Lipinski definition) is 0. The molecule has 0 N–H and O–H groups in total. The van der Waals surface area contributed by atoms with Gasteiger partial charge in [-0.25, -0.2) is 0 Å². The minimum Gasteiger partial charge on any atom is -0.372 e. The lowest BCUT2D eigenvalue weighted by molar-refractivity contribution is -0.532. The molecule has 1 aliphatic heterocycles. The molecule has 0 spiro atoms. The minimum absolute atomic E-state index is 0.0434. The fraction of sp³-hybridized carbons (Fsp3) is 1.00. The van der Waals surface area contributed by atoms with Crippen LogP contribution in [-0.2, 0) is 18.9 Å². The molecule has 0 aromatic carbocycles. The second-order valence-electron chi connectivity index (χ2n) is 5.52. The average molecular weight is 521 g/mol. The highest BCUT2D eigenvalue weighted by molar-refractivity contribution is 6.31. The fourth-order valence-electron chi connectivity index (χ4n) is 1.38.